The van der Waals surface area contributed by atoms with Crippen LogP contribution in [0.15, 0.2) is 83.7 Å². The summed E-state index contributed by atoms with van der Waals surface area (Å²) in [6.45, 7) is 0.515. The lowest BCUT2D eigenvalue weighted by molar-refractivity contribution is -0.127. The number of fused-ring (bicyclic) bond motifs is 1. The summed E-state index contributed by atoms with van der Waals surface area (Å²) in [5, 5.41) is 0.513. The summed E-state index contributed by atoms with van der Waals surface area (Å²) in [6.07, 6.45) is 3.21. The molecule has 0 radical (unpaired) electrons. The molecule has 172 valence electrons. The predicted octanol–water partition coefficient (Wildman–Crippen LogP) is 4.18. The summed E-state index contributed by atoms with van der Waals surface area (Å²) in [5.74, 6) is 1.46. The number of carbonyl (C=O) groups excluding carboxylic acids is 1. The Bertz CT molecular complexity index is 1360. The van der Waals surface area contributed by atoms with E-state index in [-0.39, 0.29) is 18.0 Å². The van der Waals surface area contributed by atoms with Crippen LogP contribution in [-0.4, -0.2) is 35.0 Å². The van der Waals surface area contributed by atoms with Gasteiger partial charge in [-0.05, 0) is 41.5 Å². The van der Waals surface area contributed by atoms with Crippen LogP contribution in [0.2, 0.25) is 0 Å². The number of nitrogens with one attached hydrogen (secondary N) is 1. The van der Waals surface area contributed by atoms with Crippen LogP contribution < -0.4 is 15.0 Å². The minimum absolute atomic E-state index is 0.152. The standard InChI is InChI=1S/C27H25N3O4/c1-33-21-14-20(15-22(16-21)34-2)12-13-26(31)30(17-19-8-4-3-5-9-19)18-25-28-24-11-7-6-10-23(24)27(32)29-25/h3-16H,17-18H2,1-2H3,(H,28,29,32). The Hall–Kier alpha value is -4.39. The minimum Gasteiger partial charge on any atom is -0.497 e. The van der Waals surface area contributed by atoms with Gasteiger partial charge in [0.25, 0.3) is 5.56 Å². The lowest BCUT2D eigenvalue weighted by Crippen LogP contribution is -2.30. The molecule has 0 saturated carbocycles. The summed E-state index contributed by atoms with van der Waals surface area (Å²) in [5.41, 5.74) is 2.09. The SMILES string of the molecule is COc1cc(C=CC(=O)N(Cc2ccccc2)Cc2nc3ccccc3c(=O)[nH]2)cc(OC)c1. The highest BCUT2D eigenvalue weighted by molar-refractivity contribution is 5.92. The van der Waals surface area contributed by atoms with E-state index in [1.54, 1.807) is 49.5 Å². The molecule has 3 aromatic carbocycles. The Kier molecular flexibility index (Phi) is 7.03. The predicted molar refractivity (Wildman–Crippen MR) is 132 cm³/mol. The van der Waals surface area contributed by atoms with E-state index in [2.05, 4.69) is 9.97 Å². The molecule has 0 spiro atoms. The van der Waals surface area contributed by atoms with Crippen LogP contribution in [0.5, 0.6) is 11.5 Å². The fourth-order valence-electron chi connectivity index (χ4n) is 3.60. The molecule has 34 heavy (non-hydrogen) atoms. The summed E-state index contributed by atoms with van der Waals surface area (Å²) >= 11 is 0. The van der Waals surface area contributed by atoms with Crippen molar-refractivity contribution >= 4 is 22.9 Å². The maximum atomic E-state index is 13.2. The van der Waals surface area contributed by atoms with Gasteiger partial charge in [-0.3, -0.25) is 9.59 Å². The normalized spacial score (nSPS) is 11.0. The molecular weight excluding hydrogens is 430 g/mol. The zero-order valence-electron chi connectivity index (χ0n) is 19.0. The van der Waals surface area contributed by atoms with Crippen molar-refractivity contribution < 1.29 is 14.3 Å². The molecule has 7 nitrogen and oxygen atoms in total. The van der Waals surface area contributed by atoms with Crippen molar-refractivity contribution in [1.82, 2.24) is 14.9 Å². The number of nitrogens with zero attached hydrogens (tertiary/aromatic N) is 2. The highest BCUT2D eigenvalue weighted by Gasteiger charge is 2.15. The number of H-pyrrole nitrogens is 1. The smallest absolute Gasteiger partial charge is 0.258 e. The summed E-state index contributed by atoms with van der Waals surface area (Å²) in [7, 11) is 3.15. The molecule has 0 aliphatic rings. The average molecular weight is 456 g/mol. The van der Waals surface area contributed by atoms with Gasteiger partial charge in [0.05, 0.1) is 31.7 Å². The first-order valence-corrected chi connectivity index (χ1v) is 10.8. The molecule has 0 aliphatic carbocycles. The first-order valence-electron chi connectivity index (χ1n) is 10.8. The molecule has 1 amide bonds. The van der Waals surface area contributed by atoms with Crippen LogP contribution in [0.1, 0.15) is 17.0 Å². The highest BCUT2D eigenvalue weighted by atomic mass is 16.5. The second kappa shape index (κ2) is 10.5. The Morgan fingerprint density at radius 3 is 2.32 bits per heavy atom. The van der Waals surface area contributed by atoms with Crippen molar-refractivity contribution in [3.05, 3.63) is 106 Å². The zero-order chi connectivity index (χ0) is 23.9. The molecule has 0 atom stereocenters. The number of aromatic nitrogens is 2. The van der Waals surface area contributed by atoms with Crippen molar-refractivity contribution in [3.8, 4) is 11.5 Å². The average Bonchev–Trinajstić information content (AvgIpc) is 2.87. The van der Waals surface area contributed by atoms with Crippen LogP contribution in [0.3, 0.4) is 0 Å². The molecule has 4 rings (SSSR count). The van der Waals surface area contributed by atoms with Gasteiger partial charge < -0.3 is 19.4 Å². The maximum Gasteiger partial charge on any atom is 0.258 e. The number of aromatic amines is 1. The fraction of sp³-hybridized carbons (Fsp3) is 0.148. The maximum absolute atomic E-state index is 13.2. The fourth-order valence-corrected chi connectivity index (χ4v) is 3.60. The minimum atomic E-state index is -0.230. The molecule has 0 unspecified atom stereocenters. The Morgan fingerprint density at radius 2 is 1.62 bits per heavy atom. The summed E-state index contributed by atoms with van der Waals surface area (Å²) in [4.78, 5) is 34.7. The largest absolute Gasteiger partial charge is 0.497 e. The molecule has 1 heterocycles. The van der Waals surface area contributed by atoms with Gasteiger partial charge in [-0.15, -0.1) is 0 Å². The second-order valence-electron chi connectivity index (χ2n) is 7.69. The number of amides is 1. The number of methoxy groups -OCH3 is 2. The molecule has 1 N–H and O–H groups in total. The third kappa shape index (κ3) is 5.50. The van der Waals surface area contributed by atoms with Crippen LogP contribution in [0.25, 0.3) is 17.0 Å². The molecule has 7 heteroatoms. The molecule has 0 saturated heterocycles. The number of para-hydroxylation sites is 1. The van der Waals surface area contributed by atoms with Crippen LogP contribution in [-0.2, 0) is 17.9 Å². The van der Waals surface area contributed by atoms with Crippen molar-refractivity contribution in [1.29, 1.82) is 0 Å². The number of hydrogen-bond donors (Lipinski definition) is 1. The van der Waals surface area contributed by atoms with Crippen LogP contribution in [0, 0.1) is 0 Å². The molecule has 0 aliphatic heterocycles. The monoisotopic (exact) mass is 455 g/mol. The third-order valence-corrected chi connectivity index (χ3v) is 5.32. The van der Waals surface area contributed by atoms with Gasteiger partial charge >= 0.3 is 0 Å². The first-order chi connectivity index (χ1) is 16.6. The molecule has 4 aromatic rings. The van der Waals surface area contributed by atoms with E-state index in [9.17, 15) is 9.59 Å². The van der Waals surface area contributed by atoms with Crippen molar-refractivity contribution in [2.45, 2.75) is 13.1 Å². The lowest BCUT2D eigenvalue weighted by atomic mass is 10.1. The van der Waals surface area contributed by atoms with E-state index in [1.807, 2.05) is 48.5 Å². The highest BCUT2D eigenvalue weighted by Crippen LogP contribution is 2.23. The Labute approximate surface area is 197 Å². The molecular formula is C27H25N3O4. The number of carbonyl (C=O) groups is 1. The van der Waals surface area contributed by atoms with Gasteiger partial charge in [-0.2, -0.15) is 0 Å². The van der Waals surface area contributed by atoms with Gasteiger partial charge in [-0.1, -0.05) is 42.5 Å². The lowest BCUT2D eigenvalue weighted by Gasteiger charge is -2.21. The Balaban J connectivity index is 1.63. The van der Waals surface area contributed by atoms with E-state index in [1.165, 1.54) is 6.08 Å². The van der Waals surface area contributed by atoms with Gasteiger partial charge in [0.1, 0.15) is 17.3 Å². The number of hydrogen-bond acceptors (Lipinski definition) is 5. The Morgan fingerprint density at radius 1 is 0.941 bits per heavy atom. The summed E-state index contributed by atoms with van der Waals surface area (Å²) < 4.78 is 10.6. The number of ether oxygens (including phenoxy) is 2. The van der Waals surface area contributed by atoms with Gasteiger partial charge in [-0.25, -0.2) is 4.98 Å². The molecule has 0 fully saturated rings. The third-order valence-electron chi connectivity index (χ3n) is 5.32. The second-order valence-corrected chi connectivity index (χ2v) is 7.69. The number of rotatable bonds is 8. The van der Waals surface area contributed by atoms with E-state index < -0.39 is 0 Å². The van der Waals surface area contributed by atoms with Crippen molar-refractivity contribution in [3.63, 3.8) is 0 Å². The van der Waals surface area contributed by atoms with Gasteiger partial charge in [0.15, 0.2) is 0 Å². The van der Waals surface area contributed by atoms with Gasteiger partial charge in [0, 0.05) is 18.7 Å². The number of benzene rings is 3. The van der Waals surface area contributed by atoms with Crippen molar-refractivity contribution in [2.75, 3.05) is 14.2 Å². The first kappa shape index (κ1) is 22.8. The van der Waals surface area contributed by atoms with E-state index >= 15 is 0 Å². The zero-order valence-corrected chi connectivity index (χ0v) is 19.0. The van der Waals surface area contributed by atoms with Crippen molar-refractivity contribution in [2.24, 2.45) is 0 Å². The molecule has 1 aromatic heterocycles. The summed E-state index contributed by atoms with van der Waals surface area (Å²) in [6, 6.07) is 22.2. The topological polar surface area (TPSA) is 84.5 Å². The molecule has 0 bridgehead atoms. The van der Waals surface area contributed by atoms with Crippen LogP contribution in [0.4, 0.5) is 0 Å². The van der Waals surface area contributed by atoms with E-state index in [4.69, 9.17) is 9.47 Å². The van der Waals surface area contributed by atoms with E-state index in [0.717, 1.165) is 11.1 Å². The van der Waals surface area contributed by atoms with Crippen LogP contribution >= 0.6 is 0 Å². The van der Waals surface area contributed by atoms with Gasteiger partial charge in [0.2, 0.25) is 5.91 Å². The van der Waals surface area contributed by atoms with E-state index in [0.29, 0.717) is 34.8 Å². The quantitative estimate of drug-likeness (QED) is 0.403.